The number of anilines is 1. The molecule has 0 bridgehead atoms. The van der Waals surface area contributed by atoms with Crippen LogP contribution in [0.1, 0.15) is 24.5 Å². The van der Waals surface area contributed by atoms with Gasteiger partial charge in [-0.25, -0.2) is 0 Å². The third kappa shape index (κ3) is 6.04. The van der Waals surface area contributed by atoms with E-state index in [2.05, 4.69) is 5.32 Å². The van der Waals surface area contributed by atoms with E-state index in [1.807, 2.05) is 37.3 Å². The van der Waals surface area contributed by atoms with E-state index in [9.17, 15) is 9.59 Å². The van der Waals surface area contributed by atoms with Crippen LogP contribution in [0.3, 0.4) is 0 Å². The number of benzene rings is 2. The van der Waals surface area contributed by atoms with Crippen LogP contribution >= 0.6 is 23.2 Å². The second kappa shape index (κ2) is 9.60. The Labute approximate surface area is 164 Å². The molecule has 0 aromatic heterocycles. The highest BCUT2D eigenvalue weighted by Crippen LogP contribution is 2.21. The van der Waals surface area contributed by atoms with Crippen molar-refractivity contribution in [1.82, 2.24) is 5.32 Å². The van der Waals surface area contributed by atoms with Gasteiger partial charge in [-0.15, -0.1) is 0 Å². The lowest BCUT2D eigenvalue weighted by Crippen LogP contribution is -2.34. The summed E-state index contributed by atoms with van der Waals surface area (Å²) >= 11 is 12.0. The molecule has 0 heterocycles. The van der Waals surface area contributed by atoms with Gasteiger partial charge in [0.25, 0.3) is 0 Å². The fourth-order valence-corrected chi connectivity index (χ4v) is 3.13. The first-order valence-corrected chi connectivity index (χ1v) is 9.18. The van der Waals surface area contributed by atoms with Gasteiger partial charge in [-0.1, -0.05) is 41.4 Å². The van der Waals surface area contributed by atoms with Gasteiger partial charge in [0.15, 0.2) is 0 Å². The molecular weight excluding hydrogens is 371 g/mol. The summed E-state index contributed by atoms with van der Waals surface area (Å²) in [7, 11) is 0. The minimum atomic E-state index is -0.103. The van der Waals surface area contributed by atoms with Crippen LogP contribution < -0.4 is 10.2 Å². The van der Waals surface area contributed by atoms with E-state index in [1.165, 1.54) is 6.92 Å². The van der Waals surface area contributed by atoms with Crippen LogP contribution in [-0.4, -0.2) is 24.9 Å². The van der Waals surface area contributed by atoms with Crippen molar-refractivity contribution in [2.45, 2.75) is 26.7 Å². The summed E-state index contributed by atoms with van der Waals surface area (Å²) in [5, 5.41) is 4.04. The van der Waals surface area contributed by atoms with Crippen LogP contribution in [0.15, 0.2) is 42.5 Å². The molecule has 4 nitrogen and oxygen atoms in total. The Hall–Kier alpha value is -2.04. The van der Waals surface area contributed by atoms with E-state index in [0.717, 1.165) is 16.8 Å². The maximum atomic E-state index is 12.1. The lowest BCUT2D eigenvalue weighted by Gasteiger charge is -2.21. The molecule has 0 aliphatic rings. The first-order valence-electron chi connectivity index (χ1n) is 8.42. The van der Waals surface area contributed by atoms with Gasteiger partial charge in [-0.3, -0.25) is 9.59 Å². The quantitative estimate of drug-likeness (QED) is 0.758. The van der Waals surface area contributed by atoms with Crippen LogP contribution in [0.5, 0.6) is 0 Å². The zero-order valence-corrected chi connectivity index (χ0v) is 16.4. The maximum Gasteiger partial charge on any atom is 0.223 e. The fourth-order valence-electron chi connectivity index (χ4n) is 2.63. The zero-order valence-electron chi connectivity index (χ0n) is 14.9. The lowest BCUT2D eigenvalue weighted by molar-refractivity contribution is -0.121. The molecule has 0 unspecified atom stereocenters. The van der Waals surface area contributed by atoms with E-state index in [-0.39, 0.29) is 18.2 Å². The normalized spacial score (nSPS) is 10.5. The summed E-state index contributed by atoms with van der Waals surface area (Å²) in [5.74, 6) is -0.190. The molecule has 0 atom stereocenters. The van der Waals surface area contributed by atoms with E-state index in [0.29, 0.717) is 29.6 Å². The highest BCUT2D eigenvalue weighted by molar-refractivity contribution is 6.35. The predicted molar refractivity (Wildman–Crippen MR) is 107 cm³/mol. The van der Waals surface area contributed by atoms with Gasteiger partial charge in [-0.05, 0) is 48.7 Å². The third-order valence-electron chi connectivity index (χ3n) is 3.99. The number of hydrogen-bond donors (Lipinski definition) is 1. The molecule has 26 heavy (non-hydrogen) atoms. The summed E-state index contributed by atoms with van der Waals surface area (Å²) in [6.45, 7) is 4.29. The molecule has 138 valence electrons. The SMILES string of the molecule is CC(=O)N(CCC(=O)NCCc1ccc(Cl)cc1Cl)c1cccc(C)c1. The molecule has 0 aliphatic heterocycles. The fraction of sp³-hybridized carbons (Fsp3) is 0.300. The number of nitrogens with one attached hydrogen (secondary N) is 1. The first-order chi connectivity index (χ1) is 12.4. The molecule has 0 spiro atoms. The Morgan fingerprint density at radius 3 is 2.54 bits per heavy atom. The molecule has 0 aliphatic carbocycles. The number of rotatable bonds is 7. The van der Waals surface area contributed by atoms with Crippen molar-refractivity contribution < 1.29 is 9.59 Å². The Bertz CT molecular complexity index is 793. The van der Waals surface area contributed by atoms with Crippen molar-refractivity contribution >= 4 is 40.7 Å². The van der Waals surface area contributed by atoms with Gasteiger partial charge < -0.3 is 10.2 Å². The van der Waals surface area contributed by atoms with E-state index in [1.54, 1.807) is 17.0 Å². The van der Waals surface area contributed by atoms with Gasteiger partial charge in [0.05, 0.1) is 0 Å². The average molecular weight is 393 g/mol. The van der Waals surface area contributed by atoms with Crippen molar-refractivity contribution in [1.29, 1.82) is 0 Å². The molecule has 1 N–H and O–H groups in total. The summed E-state index contributed by atoms with van der Waals surface area (Å²) < 4.78 is 0. The molecule has 6 heteroatoms. The highest BCUT2D eigenvalue weighted by Gasteiger charge is 2.13. The Balaban J connectivity index is 1.83. The van der Waals surface area contributed by atoms with Gasteiger partial charge in [-0.2, -0.15) is 0 Å². The van der Waals surface area contributed by atoms with Crippen LogP contribution in [-0.2, 0) is 16.0 Å². The Morgan fingerprint density at radius 1 is 1.12 bits per heavy atom. The van der Waals surface area contributed by atoms with Crippen LogP contribution in [0, 0.1) is 6.92 Å². The topological polar surface area (TPSA) is 49.4 Å². The predicted octanol–water partition coefficient (Wildman–Crippen LogP) is 4.40. The minimum absolute atomic E-state index is 0.0867. The molecular formula is C20H22Cl2N2O2. The molecule has 0 radical (unpaired) electrons. The number of carbonyl (C=O) groups is 2. The molecule has 2 aromatic rings. The van der Waals surface area contributed by atoms with Crippen molar-refractivity contribution in [3.63, 3.8) is 0 Å². The van der Waals surface area contributed by atoms with Crippen molar-refractivity contribution in [2.75, 3.05) is 18.0 Å². The minimum Gasteiger partial charge on any atom is -0.356 e. The van der Waals surface area contributed by atoms with E-state index in [4.69, 9.17) is 23.2 Å². The van der Waals surface area contributed by atoms with E-state index < -0.39 is 0 Å². The molecule has 2 rings (SSSR count). The summed E-state index contributed by atoms with van der Waals surface area (Å²) in [5.41, 5.74) is 2.80. The molecule has 2 aromatic carbocycles. The van der Waals surface area contributed by atoms with Crippen LogP contribution in [0.4, 0.5) is 5.69 Å². The van der Waals surface area contributed by atoms with Crippen LogP contribution in [0.25, 0.3) is 0 Å². The molecule has 0 fully saturated rings. The first kappa shape index (κ1) is 20.3. The second-order valence-electron chi connectivity index (χ2n) is 6.10. The van der Waals surface area contributed by atoms with Gasteiger partial charge >= 0.3 is 0 Å². The monoisotopic (exact) mass is 392 g/mol. The number of aryl methyl sites for hydroxylation is 1. The second-order valence-corrected chi connectivity index (χ2v) is 6.94. The summed E-state index contributed by atoms with van der Waals surface area (Å²) in [4.78, 5) is 25.6. The van der Waals surface area contributed by atoms with Crippen molar-refractivity contribution in [3.8, 4) is 0 Å². The smallest absolute Gasteiger partial charge is 0.223 e. The zero-order chi connectivity index (χ0) is 19.1. The number of nitrogens with zero attached hydrogens (tertiary/aromatic N) is 1. The number of halogens is 2. The standard InChI is InChI=1S/C20H22Cl2N2O2/c1-14-4-3-5-18(12-14)24(15(2)25)11-9-20(26)23-10-8-16-6-7-17(21)13-19(16)22/h3-7,12-13H,8-11H2,1-2H3,(H,23,26). The summed E-state index contributed by atoms with van der Waals surface area (Å²) in [6, 6.07) is 13.0. The average Bonchev–Trinajstić information content (AvgIpc) is 2.57. The maximum absolute atomic E-state index is 12.1. The van der Waals surface area contributed by atoms with Gasteiger partial charge in [0.2, 0.25) is 11.8 Å². The largest absolute Gasteiger partial charge is 0.356 e. The number of carbonyl (C=O) groups excluding carboxylic acids is 2. The Kier molecular flexibility index (Phi) is 7.49. The Morgan fingerprint density at radius 2 is 1.88 bits per heavy atom. The van der Waals surface area contributed by atoms with Crippen molar-refractivity contribution in [3.05, 3.63) is 63.6 Å². The number of amides is 2. The molecule has 0 saturated carbocycles. The number of hydrogen-bond acceptors (Lipinski definition) is 2. The summed E-state index contributed by atoms with van der Waals surface area (Å²) in [6.07, 6.45) is 0.859. The van der Waals surface area contributed by atoms with Crippen LogP contribution in [0.2, 0.25) is 10.0 Å². The van der Waals surface area contributed by atoms with E-state index >= 15 is 0 Å². The van der Waals surface area contributed by atoms with Gasteiger partial charge in [0, 0.05) is 42.2 Å². The molecule has 0 saturated heterocycles. The van der Waals surface area contributed by atoms with Crippen molar-refractivity contribution in [2.24, 2.45) is 0 Å². The highest BCUT2D eigenvalue weighted by atomic mass is 35.5. The lowest BCUT2D eigenvalue weighted by atomic mass is 10.1. The van der Waals surface area contributed by atoms with Gasteiger partial charge in [0.1, 0.15) is 0 Å². The molecule has 2 amide bonds. The third-order valence-corrected chi connectivity index (χ3v) is 4.57.